The first-order valence-corrected chi connectivity index (χ1v) is 14.3. The number of anilines is 2. The number of primary amides is 1. The Kier molecular flexibility index (Phi) is 10.3. The van der Waals surface area contributed by atoms with Crippen molar-refractivity contribution in [3.05, 3.63) is 93.5 Å². The molecule has 0 aromatic heterocycles. The minimum absolute atomic E-state index is 0.0528. The van der Waals surface area contributed by atoms with Crippen LogP contribution in [0.2, 0.25) is 0 Å². The van der Waals surface area contributed by atoms with Crippen LogP contribution < -0.4 is 20.1 Å². The predicted octanol–water partition coefficient (Wildman–Crippen LogP) is 4.23. The van der Waals surface area contributed by atoms with Crippen molar-refractivity contribution in [1.82, 2.24) is 0 Å². The third kappa shape index (κ3) is 8.28. The summed E-state index contributed by atoms with van der Waals surface area (Å²) in [6.07, 6.45) is 0.493. The number of nitrogens with two attached hydrogens (primary N) is 1. The molecule has 0 saturated heterocycles. The molecule has 1 unspecified atom stereocenters. The number of nitrogens with one attached hydrogen (secondary N) is 1. The van der Waals surface area contributed by atoms with E-state index in [-0.39, 0.29) is 30.4 Å². The molecule has 0 bridgehead atoms. The Morgan fingerprint density at radius 2 is 1.74 bits per heavy atom. The van der Waals surface area contributed by atoms with Crippen LogP contribution in [0.1, 0.15) is 42.4 Å². The first-order valence-electron chi connectivity index (χ1n) is 13.3. The van der Waals surface area contributed by atoms with Crippen LogP contribution >= 0.6 is 0 Å². The average Bonchev–Trinajstić information content (AvgIpc) is 3.50. The summed E-state index contributed by atoms with van der Waals surface area (Å²) in [5.74, 6) is -0.674. The molecular weight excluding hydrogens is 578 g/mol. The number of hydrogen-bond acceptors (Lipinski definition) is 10. The largest absolute Gasteiger partial charge is 0.755 e. The van der Waals surface area contributed by atoms with Crippen molar-refractivity contribution in [2.75, 3.05) is 9.62 Å². The zero-order chi connectivity index (χ0) is 30.9. The van der Waals surface area contributed by atoms with Gasteiger partial charge in [-0.15, -0.1) is 0 Å². The minimum Gasteiger partial charge on any atom is -0.755 e. The summed E-state index contributed by atoms with van der Waals surface area (Å²) in [6, 6.07) is 19.0. The summed E-state index contributed by atoms with van der Waals surface area (Å²) < 4.78 is 35.5. The van der Waals surface area contributed by atoms with Crippen LogP contribution in [0.25, 0.3) is 0 Å². The summed E-state index contributed by atoms with van der Waals surface area (Å²) in [5, 5.41) is 23.8. The maximum absolute atomic E-state index is 13.4. The van der Waals surface area contributed by atoms with Gasteiger partial charge < -0.3 is 25.1 Å². The SMILES string of the molecule is N#Cc1ccc(COc2ccc(C[C@H](OC(N)=O)C(=O)N(c3ccc(NC4CCCC4)c([N+](=O)[O-])c3)S(=O)[O-])cc2)cc1. The van der Waals surface area contributed by atoms with Gasteiger partial charge in [0.25, 0.3) is 11.6 Å². The van der Waals surface area contributed by atoms with Gasteiger partial charge in [0.15, 0.2) is 6.10 Å². The quantitative estimate of drug-likeness (QED) is 0.171. The van der Waals surface area contributed by atoms with Gasteiger partial charge in [-0.1, -0.05) is 37.1 Å². The highest BCUT2D eigenvalue weighted by molar-refractivity contribution is 7.81. The van der Waals surface area contributed by atoms with Gasteiger partial charge in [-0.25, -0.2) is 9.10 Å². The summed E-state index contributed by atoms with van der Waals surface area (Å²) in [7, 11) is 0. The number of carbonyl (C=O) groups excluding carboxylic acids is 2. The van der Waals surface area contributed by atoms with Gasteiger partial charge in [-0.2, -0.15) is 5.26 Å². The number of amides is 2. The smallest absolute Gasteiger partial charge is 0.405 e. The highest BCUT2D eigenvalue weighted by atomic mass is 32.2. The Labute approximate surface area is 249 Å². The lowest BCUT2D eigenvalue weighted by Gasteiger charge is -2.28. The number of nitro benzene ring substituents is 1. The van der Waals surface area contributed by atoms with E-state index in [2.05, 4.69) is 5.32 Å². The zero-order valence-corrected chi connectivity index (χ0v) is 23.7. The van der Waals surface area contributed by atoms with E-state index in [0.29, 0.717) is 21.2 Å². The summed E-state index contributed by atoms with van der Waals surface area (Å²) >= 11 is -3.22. The second-order valence-electron chi connectivity index (χ2n) is 9.81. The molecule has 2 atom stereocenters. The standard InChI is InChI=1S/C29H29N5O8S/c30-17-20-5-7-21(8-6-20)18-41-24-12-9-19(10-13-24)15-27(42-29(31)36)28(35)33(43(39)40)23-11-14-25(26(16-23)34(37)38)32-22-3-1-2-4-22/h5-14,16,22,27,32H,1-4,15,18H2,(H2,31,36)(H,39,40)/p-1/t27-/m0/s1. The first-order chi connectivity index (χ1) is 20.6. The normalized spacial score (nSPS) is 14.2. The van der Waals surface area contributed by atoms with Gasteiger partial charge in [0.1, 0.15) is 18.0 Å². The Balaban J connectivity index is 1.50. The van der Waals surface area contributed by atoms with Crippen LogP contribution in [0, 0.1) is 21.4 Å². The third-order valence-electron chi connectivity index (χ3n) is 6.84. The molecule has 4 rings (SSSR count). The number of benzene rings is 3. The lowest BCUT2D eigenvalue weighted by molar-refractivity contribution is -0.383. The van der Waals surface area contributed by atoms with Crippen molar-refractivity contribution in [3.8, 4) is 11.8 Å². The van der Waals surface area contributed by atoms with Crippen LogP contribution in [0.4, 0.5) is 21.9 Å². The van der Waals surface area contributed by atoms with Crippen molar-refractivity contribution in [3.63, 3.8) is 0 Å². The van der Waals surface area contributed by atoms with Gasteiger partial charge in [0.05, 0.1) is 33.5 Å². The van der Waals surface area contributed by atoms with Crippen molar-refractivity contribution in [1.29, 1.82) is 5.26 Å². The van der Waals surface area contributed by atoms with Gasteiger partial charge in [-0.05, 0) is 60.4 Å². The van der Waals surface area contributed by atoms with E-state index in [1.807, 2.05) is 6.07 Å². The number of carbonyl (C=O) groups is 2. The van der Waals surface area contributed by atoms with E-state index in [0.717, 1.165) is 37.3 Å². The van der Waals surface area contributed by atoms with Gasteiger partial charge in [-0.3, -0.25) is 19.1 Å². The Morgan fingerprint density at radius 3 is 2.33 bits per heavy atom. The number of hydrogen-bond donors (Lipinski definition) is 2. The topological polar surface area (TPSA) is 201 Å². The number of nitro groups is 1. The molecule has 1 aliphatic rings. The highest BCUT2D eigenvalue weighted by Crippen LogP contribution is 2.33. The average molecular weight is 607 g/mol. The van der Waals surface area contributed by atoms with Gasteiger partial charge in [0.2, 0.25) is 0 Å². The molecule has 1 aliphatic carbocycles. The maximum Gasteiger partial charge on any atom is 0.405 e. The highest BCUT2D eigenvalue weighted by Gasteiger charge is 2.31. The fraction of sp³-hybridized carbons (Fsp3) is 0.276. The van der Waals surface area contributed by atoms with Crippen molar-refractivity contribution < 1.29 is 32.7 Å². The maximum atomic E-state index is 13.4. The number of rotatable bonds is 12. The number of nitriles is 1. The fourth-order valence-electron chi connectivity index (χ4n) is 4.72. The summed E-state index contributed by atoms with van der Waals surface area (Å²) in [4.78, 5) is 36.2. The molecule has 13 nitrogen and oxygen atoms in total. The molecule has 43 heavy (non-hydrogen) atoms. The van der Waals surface area contributed by atoms with Crippen LogP contribution in [-0.4, -0.2) is 37.8 Å². The van der Waals surface area contributed by atoms with Crippen LogP contribution in [0.15, 0.2) is 66.7 Å². The van der Waals surface area contributed by atoms with E-state index in [4.69, 9.17) is 20.5 Å². The third-order valence-corrected chi connectivity index (χ3v) is 7.53. The fourth-order valence-corrected chi connectivity index (χ4v) is 5.27. The van der Waals surface area contributed by atoms with Crippen molar-refractivity contribution in [2.45, 2.75) is 50.9 Å². The van der Waals surface area contributed by atoms with E-state index < -0.39 is 40.0 Å². The molecule has 1 fully saturated rings. The van der Waals surface area contributed by atoms with Crippen LogP contribution in [-0.2, 0) is 33.8 Å². The van der Waals surface area contributed by atoms with Gasteiger partial charge in [0, 0.05) is 18.5 Å². The summed E-state index contributed by atoms with van der Waals surface area (Å²) in [6.45, 7) is 0.238. The molecule has 0 heterocycles. The van der Waals surface area contributed by atoms with Crippen molar-refractivity contribution in [2.24, 2.45) is 5.73 Å². The van der Waals surface area contributed by atoms with E-state index in [9.17, 15) is 28.5 Å². The van der Waals surface area contributed by atoms with Crippen LogP contribution in [0.3, 0.4) is 0 Å². The monoisotopic (exact) mass is 606 g/mol. The molecule has 3 N–H and O–H groups in total. The van der Waals surface area contributed by atoms with Gasteiger partial charge >= 0.3 is 6.09 Å². The second kappa shape index (κ2) is 14.3. The number of ether oxygens (including phenoxy) is 2. The minimum atomic E-state index is -3.22. The zero-order valence-electron chi connectivity index (χ0n) is 22.8. The molecule has 3 aromatic rings. The first kappa shape index (κ1) is 30.9. The Bertz CT molecular complexity index is 1540. The lowest BCUT2D eigenvalue weighted by Crippen LogP contribution is -2.44. The van der Waals surface area contributed by atoms with E-state index in [1.165, 1.54) is 12.1 Å². The molecule has 224 valence electrons. The van der Waals surface area contributed by atoms with Crippen molar-refractivity contribution >= 4 is 40.3 Å². The molecule has 0 spiro atoms. The predicted molar refractivity (Wildman–Crippen MR) is 155 cm³/mol. The van der Waals surface area contributed by atoms with E-state index in [1.54, 1.807) is 48.5 Å². The molecule has 14 heteroatoms. The molecular formula is C29H28N5O8S-. The van der Waals surface area contributed by atoms with Crippen LogP contribution in [0.5, 0.6) is 5.75 Å². The molecule has 0 aliphatic heterocycles. The molecule has 0 radical (unpaired) electrons. The second-order valence-corrected chi connectivity index (χ2v) is 10.6. The molecule has 3 aromatic carbocycles. The lowest BCUT2D eigenvalue weighted by atomic mass is 10.1. The summed E-state index contributed by atoms with van der Waals surface area (Å²) in [5.41, 5.74) is 6.54. The Hall–Kier alpha value is -5.00. The number of nitrogens with zero attached hydrogens (tertiary/aromatic N) is 3. The van der Waals surface area contributed by atoms with E-state index >= 15 is 0 Å². The Morgan fingerprint density at radius 1 is 1.09 bits per heavy atom. The molecule has 2 amide bonds. The molecule has 1 saturated carbocycles.